The number of nitrogens with one attached hydrogen (secondary N) is 1. The molecule has 110 valence electrons. The molecule has 1 aliphatic heterocycles. The van der Waals surface area contributed by atoms with E-state index >= 15 is 0 Å². The van der Waals surface area contributed by atoms with Gasteiger partial charge in [-0.3, -0.25) is 4.79 Å². The van der Waals surface area contributed by atoms with Crippen molar-refractivity contribution >= 4 is 5.91 Å². The lowest BCUT2D eigenvalue weighted by Gasteiger charge is -2.33. The molecular formula is C15H23N2O3+. The van der Waals surface area contributed by atoms with Crippen LogP contribution in [0.2, 0.25) is 0 Å². The van der Waals surface area contributed by atoms with Crippen molar-refractivity contribution in [3.63, 3.8) is 0 Å². The van der Waals surface area contributed by atoms with Crippen LogP contribution in [0.15, 0.2) is 30.3 Å². The maximum atomic E-state index is 12.3. The van der Waals surface area contributed by atoms with Gasteiger partial charge in [0, 0.05) is 0 Å². The highest BCUT2D eigenvalue weighted by molar-refractivity contribution is 5.81. The molecule has 20 heavy (non-hydrogen) atoms. The van der Waals surface area contributed by atoms with Gasteiger partial charge in [0.1, 0.15) is 12.3 Å². The summed E-state index contributed by atoms with van der Waals surface area (Å²) in [6.07, 6.45) is -0.461. The molecule has 1 aliphatic rings. The molecule has 0 radical (unpaired) electrons. The van der Waals surface area contributed by atoms with Crippen molar-refractivity contribution in [1.29, 1.82) is 0 Å². The molecule has 1 amide bonds. The summed E-state index contributed by atoms with van der Waals surface area (Å²) in [5, 5.41) is 8.92. The Labute approximate surface area is 119 Å². The van der Waals surface area contributed by atoms with Crippen LogP contribution in [0.4, 0.5) is 0 Å². The molecule has 2 N–H and O–H groups in total. The number of piperazine rings is 1. The third-order valence-corrected chi connectivity index (χ3v) is 3.65. The first kappa shape index (κ1) is 14.8. The lowest BCUT2D eigenvalue weighted by Crippen LogP contribution is -3.15. The standard InChI is InChI=1S/C15H22N2O3/c1-13(20-14-5-3-2-4-6-14)15(19)17-9-7-16(8-10-17)11-12-18/h2-6,13,18H,7-12H2,1H3/p+1/t13-/m1/s1. The number of hydrogen-bond donors (Lipinski definition) is 2. The summed E-state index contributed by atoms with van der Waals surface area (Å²) < 4.78 is 5.67. The monoisotopic (exact) mass is 279 g/mol. The number of rotatable bonds is 5. The number of aliphatic hydroxyl groups excluding tert-OH is 1. The van der Waals surface area contributed by atoms with E-state index in [2.05, 4.69) is 0 Å². The predicted molar refractivity (Wildman–Crippen MR) is 75.8 cm³/mol. The Bertz CT molecular complexity index is 416. The fraction of sp³-hybridized carbons (Fsp3) is 0.533. The maximum Gasteiger partial charge on any atom is 0.263 e. The lowest BCUT2D eigenvalue weighted by molar-refractivity contribution is -0.904. The van der Waals surface area contributed by atoms with Crippen LogP contribution >= 0.6 is 0 Å². The van der Waals surface area contributed by atoms with Crippen molar-refractivity contribution in [2.75, 3.05) is 39.3 Å². The molecule has 0 bridgehead atoms. The second kappa shape index (κ2) is 7.26. The first-order valence-electron chi connectivity index (χ1n) is 7.15. The molecule has 5 nitrogen and oxygen atoms in total. The van der Waals surface area contributed by atoms with Gasteiger partial charge in [-0.1, -0.05) is 18.2 Å². The van der Waals surface area contributed by atoms with E-state index < -0.39 is 6.10 Å². The number of ether oxygens (including phenoxy) is 1. The number of carbonyl (C=O) groups is 1. The minimum absolute atomic E-state index is 0.0388. The first-order valence-corrected chi connectivity index (χ1v) is 7.15. The summed E-state index contributed by atoms with van der Waals surface area (Å²) in [4.78, 5) is 15.5. The van der Waals surface area contributed by atoms with E-state index in [4.69, 9.17) is 9.84 Å². The molecule has 1 atom stereocenters. The number of aliphatic hydroxyl groups is 1. The number of hydrogen-bond acceptors (Lipinski definition) is 3. The normalized spacial score (nSPS) is 17.8. The summed E-state index contributed by atoms with van der Waals surface area (Å²) >= 11 is 0. The average molecular weight is 279 g/mol. The van der Waals surface area contributed by atoms with Crippen LogP contribution in [-0.2, 0) is 4.79 Å². The van der Waals surface area contributed by atoms with Gasteiger partial charge in [0.2, 0.25) is 0 Å². The minimum Gasteiger partial charge on any atom is -0.481 e. The molecule has 5 heteroatoms. The van der Waals surface area contributed by atoms with Gasteiger partial charge in [0.25, 0.3) is 5.91 Å². The van der Waals surface area contributed by atoms with Crippen LogP contribution in [0.5, 0.6) is 5.75 Å². The summed E-state index contributed by atoms with van der Waals surface area (Å²) in [6, 6.07) is 9.41. The van der Waals surface area contributed by atoms with Crippen molar-refractivity contribution < 1.29 is 19.5 Å². The molecule has 1 heterocycles. The zero-order chi connectivity index (χ0) is 14.4. The Kier molecular flexibility index (Phi) is 5.38. The molecular weight excluding hydrogens is 256 g/mol. The fourth-order valence-corrected chi connectivity index (χ4v) is 2.46. The Morgan fingerprint density at radius 2 is 2.00 bits per heavy atom. The fourth-order valence-electron chi connectivity index (χ4n) is 2.46. The zero-order valence-corrected chi connectivity index (χ0v) is 11.9. The van der Waals surface area contributed by atoms with Gasteiger partial charge in [-0.25, -0.2) is 0 Å². The van der Waals surface area contributed by atoms with E-state index in [1.807, 2.05) is 35.2 Å². The number of quaternary nitrogens is 1. The van der Waals surface area contributed by atoms with Crippen LogP contribution < -0.4 is 9.64 Å². The highest BCUT2D eigenvalue weighted by atomic mass is 16.5. The van der Waals surface area contributed by atoms with Crippen LogP contribution in [0.25, 0.3) is 0 Å². The van der Waals surface area contributed by atoms with Crippen molar-refractivity contribution in [1.82, 2.24) is 4.90 Å². The third kappa shape index (κ3) is 3.95. The lowest BCUT2D eigenvalue weighted by atomic mass is 10.2. The van der Waals surface area contributed by atoms with E-state index in [1.165, 1.54) is 4.90 Å². The van der Waals surface area contributed by atoms with Crippen molar-refractivity contribution in [3.05, 3.63) is 30.3 Å². The van der Waals surface area contributed by atoms with E-state index in [0.29, 0.717) is 0 Å². The molecule has 2 rings (SSSR count). The number of carbonyl (C=O) groups excluding carboxylic acids is 1. The molecule has 1 aromatic rings. The van der Waals surface area contributed by atoms with E-state index in [1.54, 1.807) is 6.92 Å². The largest absolute Gasteiger partial charge is 0.481 e. The molecule has 0 aliphatic carbocycles. The van der Waals surface area contributed by atoms with Gasteiger partial charge < -0.3 is 19.6 Å². The Morgan fingerprint density at radius 1 is 1.35 bits per heavy atom. The molecule has 0 unspecified atom stereocenters. The maximum absolute atomic E-state index is 12.3. The number of benzene rings is 1. The predicted octanol–water partition coefficient (Wildman–Crippen LogP) is -0.827. The highest BCUT2D eigenvalue weighted by Gasteiger charge is 2.27. The smallest absolute Gasteiger partial charge is 0.263 e. The summed E-state index contributed by atoms with van der Waals surface area (Å²) in [7, 11) is 0. The second-order valence-electron chi connectivity index (χ2n) is 5.12. The van der Waals surface area contributed by atoms with Crippen LogP contribution in [-0.4, -0.2) is 61.3 Å². The quantitative estimate of drug-likeness (QED) is 0.740. The molecule has 1 fully saturated rings. The van der Waals surface area contributed by atoms with Crippen LogP contribution in [0.3, 0.4) is 0 Å². The summed E-state index contributed by atoms with van der Waals surface area (Å²) in [6.45, 7) is 6.01. The van der Waals surface area contributed by atoms with Gasteiger partial charge in [0.05, 0.1) is 32.8 Å². The van der Waals surface area contributed by atoms with Gasteiger partial charge >= 0.3 is 0 Å². The van der Waals surface area contributed by atoms with E-state index in [0.717, 1.165) is 38.5 Å². The molecule has 0 saturated carbocycles. The topological polar surface area (TPSA) is 54.2 Å². The Balaban J connectivity index is 1.82. The highest BCUT2D eigenvalue weighted by Crippen LogP contribution is 2.12. The Morgan fingerprint density at radius 3 is 2.60 bits per heavy atom. The van der Waals surface area contributed by atoms with Crippen LogP contribution in [0, 0.1) is 0 Å². The van der Waals surface area contributed by atoms with Gasteiger partial charge in [0.15, 0.2) is 6.10 Å². The molecule has 1 saturated heterocycles. The van der Waals surface area contributed by atoms with Crippen LogP contribution in [0.1, 0.15) is 6.92 Å². The summed E-state index contributed by atoms with van der Waals surface area (Å²) in [5.41, 5.74) is 0. The SMILES string of the molecule is C[C@@H](Oc1ccccc1)C(=O)N1CC[NH+](CCO)CC1. The first-order chi connectivity index (χ1) is 9.70. The zero-order valence-electron chi connectivity index (χ0n) is 11.9. The summed E-state index contributed by atoms with van der Waals surface area (Å²) in [5.74, 6) is 0.759. The van der Waals surface area contributed by atoms with E-state index in [9.17, 15) is 4.79 Å². The van der Waals surface area contributed by atoms with Gasteiger partial charge in [-0.2, -0.15) is 0 Å². The number of amides is 1. The Hall–Kier alpha value is -1.59. The molecule has 1 aromatic carbocycles. The number of para-hydroxylation sites is 1. The van der Waals surface area contributed by atoms with Gasteiger partial charge in [-0.15, -0.1) is 0 Å². The van der Waals surface area contributed by atoms with Crippen molar-refractivity contribution in [2.45, 2.75) is 13.0 Å². The molecule has 0 aromatic heterocycles. The number of nitrogens with zero attached hydrogens (tertiary/aromatic N) is 1. The van der Waals surface area contributed by atoms with Crippen molar-refractivity contribution in [3.8, 4) is 5.75 Å². The van der Waals surface area contributed by atoms with Gasteiger partial charge in [-0.05, 0) is 19.1 Å². The van der Waals surface area contributed by atoms with E-state index in [-0.39, 0.29) is 12.5 Å². The average Bonchev–Trinajstić information content (AvgIpc) is 2.48. The third-order valence-electron chi connectivity index (χ3n) is 3.65. The molecule has 0 spiro atoms. The van der Waals surface area contributed by atoms with Crippen molar-refractivity contribution in [2.24, 2.45) is 0 Å². The minimum atomic E-state index is -0.461. The second-order valence-corrected chi connectivity index (χ2v) is 5.12.